The van der Waals surface area contributed by atoms with Crippen LogP contribution >= 0.6 is 0 Å². The summed E-state index contributed by atoms with van der Waals surface area (Å²) in [6, 6.07) is 2.06. The lowest BCUT2D eigenvalue weighted by molar-refractivity contribution is -0.118. The summed E-state index contributed by atoms with van der Waals surface area (Å²) < 4.78 is 0. The van der Waals surface area contributed by atoms with Crippen molar-refractivity contribution in [3.05, 3.63) is 11.8 Å². The van der Waals surface area contributed by atoms with Gasteiger partial charge >= 0.3 is 0 Å². The van der Waals surface area contributed by atoms with Crippen LogP contribution in [0.5, 0.6) is 0 Å². The molecule has 0 fully saturated rings. The molecule has 0 rings (SSSR count). The number of rotatable bonds is 9. The van der Waals surface area contributed by atoms with Crippen molar-refractivity contribution in [3.8, 4) is 0 Å². The van der Waals surface area contributed by atoms with Gasteiger partial charge in [0.05, 0.1) is 5.76 Å². The van der Waals surface area contributed by atoms with Gasteiger partial charge in [0, 0.05) is 34.1 Å². The number of hydrogen-bond acceptors (Lipinski definition) is 2. The van der Waals surface area contributed by atoms with Gasteiger partial charge in [-0.2, -0.15) is 0 Å². The fourth-order valence-electron chi connectivity index (χ4n) is 2.76. The molecule has 0 heterocycles. The van der Waals surface area contributed by atoms with Gasteiger partial charge in [-0.25, -0.2) is 0 Å². The summed E-state index contributed by atoms with van der Waals surface area (Å²) in [4.78, 5) is 12.4. The predicted molar refractivity (Wildman–Crippen MR) is 99.6 cm³/mol. The predicted octanol–water partition coefficient (Wildman–Crippen LogP) is 5.73. The molecule has 124 valence electrons. The lowest BCUT2D eigenvalue weighted by Crippen LogP contribution is -2.28. The van der Waals surface area contributed by atoms with Crippen molar-refractivity contribution < 1.29 is 9.90 Å². The molecular weight excluding hydrogens is 292 g/mol. The molecule has 2 nitrogen and oxygen atoms in total. The van der Waals surface area contributed by atoms with Gasteiger partial charge in [-0.15, -0.1) is 0 Å². The van der Waals surface area contributed by atoms with Gasteiger partial charge in [0.25, 0.3) is 0 Å². The largest absolute Gasteiger partial charge is 0.512 e. The van der Waals surface area contributed by atoms with Gasteiger partial charge in [-0.1, -0.05) is 53.1 Å². The zero-order chi connectivity index (χ0) is 16.8. The lowest BCUT2D eigenvalue weighted by Gasteiger charge is -2.24. The monoisotopic (exact) mass is 328 g/mol. The van der Waals surface area contributed by atoms with Crippen LogP contribution in [0.3, 0.4) is 0 Å². The first-order valence-corrected chi connectivity index (χ1v) is 15.8. The Kier molecular flexibility index (Phi) is 8.18. The minimum absolute atomic E-state index is 0.0863. The van der Waals surface area contributed by atoms with Crippen LogP contribution in [0.1, 0.15) is 26.7 Å². The van der Waals surface area contributed by atoms with Crippen LogP contribution < -0.4 is 0 Å². The Balaban J connectivity index is 4.96. The van der Waals surface area contributed by atoms with Crippen molar-refractivity contribution in [2.75, 3.05) is 0 Å². The molecule has 0 aromatic rings. The van der Waals surface area contributed by atoms with E-state index >= 15 is 0 Å². The number of allylic oxidation sites excluding steroid dienone is 2. The summed E-state index contributed by atoms with van der Waals surface area (Å²) in [5, 5.41) is 10.4. The maximum atomic E-state index is 12.4. The second kappa shape index (κ2) is 8.32. The van der Waals surface area contributed by atoms with Crippen LogP contribution in [-0.2, 0) is 4.79 Å². The maximum Gasteiger partial charge on any atom is 0.161 e. The summed E-state index contributed by atoms with van der Waals surface area (Å²) in [5.41, 5.74) is 0. The minimum Gasteiger partial charge on any atom is -0.512 e. The molecule has 0 aliphatic rings. The zero-order valence-corrected chi connectivity index (χ0v) is 17.4. The van der Waals surface area contributed by atoms with Crippen LogP contribution in [0, 0.1) is 11.8 Å². The average Bonchev–Trinajstić information content (AvgIpc) is 2.30. The van der Waals surface area contributed by atoms with E-state index in [9.17, 15) is 9.90 Å². The molecule has 0 aliphatic carbocycles. The number of hydrogen-bond donors (Lipinski definition) is 1. The number of ketones is 1. The first-order chi connectivity index (χ1) is 9.39. The molecule has 0 radical (unpaired) electrons. The highest BCUT2D eigenvalue weighted by Gasteiger charge is 2.26. The van der Waals surface area contributed by atoms with Crippen LogP contribution in [0.4, 0.5) is 0 Å². The Morgan fingerprint density at radius 2 is 1.29 bits per heavy atom. The van der Waals surface area contributed by atoms with Crippen LogP contribution in [0.15, 0.2) is 11.8 Å². The molecule has 2 unspecified atom stereocenters. The number of carbonyl (C=O) groups is 1. The second-order valence-electron chi connectivity index (χ2n) is 8.71. The molecule has 2 atom stereocenters. The molecule has 1 N–H and O–H groups in total. The second-order valence-corrected chi connectivity index (χ2v) is 19.8. The van der Waals surface area contributed by atoms with Crippen LogP contribution in [0.2, 0.25) is 51.4 Å². The molecule has 4 heteroatoms. The van der Waals surface area contributed by atoms with Gasteiger partial charge in [0.2, 0.25) is 0 Å². The first-order valence-electron chi connectivity index (χ1n) is 8.34. The fraction of sp³-hybridized carbons (Fsp3) is 0.824. The highest BCUT2D eigenvalue weighted by molar-refractivity contribution is 6.76. The molecule has 0 spiro atoms. The lowest BCUT2D eigenvalue weighted by atomic mass is 9.99. The Morgan fingerprint density at radius 1 is 0.905 bits per heavy atom. The van der Waals surface area contributed by atoms with E-state index in [4.69, 9.17) is 0 Å². The Morgan fingerprint density at radius 3 is 1.62 bits per heavy atom. The quantitative estimate of drug-likeness (QED) is 0.333. The minimum atomic E-state index is -1.25. The average molecular weight is 329 g/mol. The molecule has 0 aromatic carbocycles. The standard InChI is InChI=1S/C17H36O2Si2/c1-9-14(12-20(3,4)5)16(18)11-17(19)15(10-2)13-21(6,7)8/h11,14-15,18H,9-10,12-13H2,1-8H3/b16-11-. The van der Waals surface area contributed by atoms with E-state index < -0.39 is 16.1 Å². The Bertz CT molecular complexity index is 362. The van der Waals surface area contributed by atoms with Gasteiger partial charge in [0.1, 0.15) is 0 Å². The first kappa shape index (κ1) is 20.6. The summed E-state index contributed by atoms with van der Waals surface area (Å²) in [5.74, 6) is 0.693. The molecule has 0 bridgehead atoms. The topological polar surface area (TPSA) is 37.3 Å². The van der Waals surface area contributed by atoms with Crippen molar-refractivity contribution in [2.24, 2.45) is 11.8 Å². The fourth-order valence-corrected chi connectivity index (χ4v) is 6.71. The molecule has 21 heavy (non-hydrogen) atoms. The molecule has 0 amide bonds. The Labute approximate surface area is 134 Å². The molecular formula is C17H36O2Si2. The van der Waals surface area contributed by atoms with E-state index in [1.54, 1.807) is 6.08 Å². The number of aliphatic hydroxyl groups is 1. The molecule has 0 saturated heterocycles. The number of aliphatic hydroxyl groups excluding tert-OH is 1. The maximum absolute atomic E-state index is 12.4. The van der Waals surface area contributed by atoms with Crippen LogP contribution in [0.25, 0.3) is 0 Å². The highest BCUT2D eigenvalue weighted by Crippen LogP contribution is 2.27. The van der Waals surface area contributed by atoms with Crippen molar-refractivity contribution in [2.45, 2.75) is 78.1 Å². The Hall–Kier alpha value is -0.356. The molecule has 0 aliphatic heterocycles. The molecule has 0 saturated carbocycles. The molecule has 0 aromatic heterocycles. The van der Waals surface area contributed by atoms with Crippen molar-refractivity contribution in [3.63, 3.8) is 0 Å². The summed E-state index contributed by atoms with van der Waals surface area (Å²) >= 11 is 0. The SMILES string of the molecule is CCC(C[Si](C)(C)C)C(=O)/C=C(\O)C(CC)C[Si](C)(C)C. The normalized spacial score (nSPS) is 16.7. The van der Waals surface area contributed by atoms with E-state index in [-0.39, 0.29) is 17.6 Å². The third kappa shape index (κ3) is 9.30. The number of carbonyl (C=O) groups excluding carboxylic acids is 1. The van der Waals surface area contributed by atoms with Gasteiger partial charge in [-0.05, 0) is 24.9 Å². The third-order valence-corrected chi connectivity index (χ3v) is 7.25. The van der Waals surface area contributed by atoms with E-state index in [0.29, 0.717) is 5.76 Å². The summed E-state index contributed by atoms with van der Waals surface area (Å²) in [6.45, 7) is 18.0. The third-order valence-electron chi connectivity index (χ3n) is 3.81. The van der Waals surface area contributed by atoms with Gasteiger partial charge in [0.15, 0.2) is 5.78 Å². The van der Waals surface area contributed by atoms with E-state index in [2.05, 4.69) is 53.1 Å². The highest BCUT2D eigenvalue weighted by atomic mass is 28.3. The van der Waals surface area contributed by atoms with E-state index in [1.807, 2.05) is 0 Å². The smallest absolute Gasteiger partial charge is 0.161 e. The van der Waals surface area contributed by atoms with Crippen molar-refractivity contribution in [1.82, 2.24) is 0 Å². The van der Waals surface area contributed by atoms with Crippen molar-refractivity contribution in [1.29, 1.82) is 0 Å². The van der Waals surface area contributed by atoms with Gasteiger partial charge < -0.3 is 5.11 Å². The summed E-state index contributed by atoms with van der Waals surface area (Å²) in [7, 11) is -2.49. The van der Waals surface area contributed by atoms with Gasteiger partial charge in [-0.3, -0.25) is 4.79 Å². The van der Waals surface area contributed by atoms with E-state index in [1.165, 1.54) is 0 Å². The zero-order valence-electron chi connectivity index (χ0n) is 15.4. The van der Waals surface area contributed by atoms with Crippen LogP contribution in [-0.4, -0.2) is 27.0 Å². The summed E-state index contributed by atoms with van der Waals surface area (Å²) in [6.07, 6.45) is 3.32. The van der Waals surface area contributed by atoms with Crippen molar-refractivity contribution >= 4 is 21.9 Å². The van der Waals surface area contributed by atoms with E-state index in [0.717, 1.165) is 24.9 Å².